The molecule has 1 aliphatic heterocycles. The number of benzene rings is 1. The quantitative estimate of drug-likeness (QED) is 0.297. The highest BCUT2D eigenvalue weighted by Crippen LogP contribution is 2.31. The Morgan fingerprint density at radius 1 is 1.16 bits per heavy atom. The van der Waals surface area contributed by atoms with Crippen LogP contribution in [0.5, 0.6) is 0 Å². The Balaban J connectivity index is 1.35. The monoisotopic (exact) mass is 454 g/mol. The Morgan fingerprint density at radius 2 is 2.03 bits per heavy atom. The van der Waals surface area contributed by atoms with Gasteiger partial charge in [-0.1, -0.05) is 47.6 Å². The van der Waals surface area contributed by atoms with Crippen LogP contribution in [0.1, 0.15) is 35.9 Å². The van der Waals surface area contributed by atoms with Crippen LogP contribution in [0.15, 0.2) is 71.0 Å². The lowest BCUT2D eigenvalue weighted by molar-refractivity contribution is 0.227. The number of nitrogens with zero attached hydrogens (tertiary/aromatic N) is 4. The van der Waals surface area contributed by atoms with Gasteiger partial charge in [0.25, 0.3) is 0 Å². The van der Waals surface area contributed by atoms with Gasteiger partial charge in [0.05, 0.1) is 6.26 Å². The molecule has 0 aliphatic carbocycles. The molecule has 31 heavy (non-hydrogen) atoms. The number of hydrogen-bond donors (Lipinski definition) is 0. The maximum absolute atomic E-state index is 6.11. The number of hydrogen-bond acceptors (Lipinski definition) is 5. The number of allylic oxidation sites excluding steroid dienone is 1. The largest absolute Gasteiger partial charge is 0.465 e. The van der Waals surface area contributed by atoms with Crippen molar-refractivity contribution in [2.45, 2.75) is 36.2 Å². The van der Waals surface area contributed by atoms with Crippen molar-refractivity contribution in [2.24, 2.45) is 0 Å². The van der Waals surface area contributed by atoms with Gasteiger partial charge in [0.15, 0.2) is 5.16 Å². The lowest BCUT2D eigenvalue weighted by Crippen LogP contribution is -2.33. The van der Waals surface area contributed by atoms with Crippen molar-refractivity contribution in [3.63, 3.8) is 0 Å². The number of rotatable bonds is 9. The summed E-state index contributed by atoms with van der Waals surface area (Å²) in [5.74, 6) is 3.23. The molecular formula is C24H27ClN4OS. The molecule has 4 rings (SSSR count). The molecule has 3 heterocycles. The van der Waals surface area contributed by atoms with Crippen molar-refractivity contribution in [2.75, 3.05) is 19.6 Å². The lowest BCUT2D eigenvalue weighted by atomic mass is 9.96. The lowest BCUT2D eigenvalue weighted by Gasteiger charge is -2.30. The molecule has 1 saturated heterocycles. The van der Waals surface area contributed by atoms with Crippen LogP contribution < -0.4 is 0 Å². The second-order valence-electron chi connectivity index (χ2n) is 7.65. The standard InChI is InChI=1S/C24H27ClN4OS/c1-2-12-29-23(26-27-24(29)31-18-19-6-3-7-21(25)17-19)20-10-14-28(15-11-20)13-4-8-22-9-5-16-30-22/h2-9,16-17,20H,1,10-15,18H2/b8-4+. The van der Waals surface area contributed by atoms with Crippen LogP contribution in [0.25, 0.3) is 6.08 Å². The highest BCUT2D eigenvalue weighted by Gasteiger charge is 2.25. The molecule has 0 saturated carbocycles. The zero-order chi connectivity index (χ0) is 21.5. The van der Waals surface area contributed by atoms with Crippen molar-refractivity contribution < 1.29 is 4.42 Å². The van der Waals surface area contributed by atoms with E-state index in [1.54, 1.807) is 18.0 Å². The molecule has 0 N–H and O–H groups in total. The molecule has 1 fully saturated rings. The Hall–Kier alpha value is -2.28. The first kappa shape index (κ1) is 21.9. The summed E-state index contributed by atoms with van der Waals surface area (Å²) in [5, 5.41) is 10.8. The second-order valence-corrected chi connectivity index (χ2v) is 9.03. The van der Waals surface area contributed by atoms with E-state index in [1.807, 2.05) is 42.5 Å². The molecule has 0 spiro atoms. The fourth-order valence-corrected chi connectivity index (χ4v) is 4.97. The zero-order valence-corrected chi connectivity index (χ0v) is 19.1. The van der Waals surface area contributed by atoms with Crippen molar-refractivity contribution in [1.82, 2.24) is 19.7 Å². The molecule has 1 aliphatic rings. The van der Waals surface area contributed by atoms with Crippen molar-refractivity contribution in [3.8, 4) is 0 Å². The van der Waals surface area contributed by atoms with E-state index in [-0.39, 0.29) is 0 Å². The summed E-state index contributed by atoms with van der Waals surface area (Å²) in [5.41, 5.74) is 1.18. The number of furan rings is 1. The minimum absolute atomic E-state index is 0.429. The third-order valence-electron chi connectivity index (χ3n) is 5.46. The molecule has 5 nitrogen and oxygen atoms in total. The van der Waals surface area contributed by atoms with E-state index >= 15 is 0 Å². The first-order chi connectivity index (χ1) is 15.2. The molecule has 2 aromatic heterocycles. The number of halogens is 1. The van der Waals surface area contributed by atoms with Gasteiger partial charge >= 0.3 is 0 Å². The molecule has 0 unspecified atom stereocenters. The van der Waals surface area contributed by atoms with Crippen LogP contribution >= 0.6 is 23.4 Å². The van der Waals surface area contributed by atoms with Crippen LogP contribution in [0.3, 0.4) is 0 Å². The van der Waals surface area contributed by atoms with Gasteiger partial charge < -0.3 is 8.98 Å². The summed E-state index contributed by atoms with van der Waals surface area (Å²) in [6.45, 7) is 7.71. The van der Waals surface area contributed by atoms with Crippen LogP contribution in [-0.4, -0.2) is 39.3 Å². The second kappa shape index (κ2) is 10.8. The first-order valence-corrected chi connectivity index (χ1v) is 11.9. The van der Waals surface area contributed by atoms with Crippen molar-refractivity contribution in [1.29, 1.82) is 0 Å². The summed E-state index contributed by atoms with van der Waals surface area (Å²) in [4.78, 5) is 2.47. The summed E-state index contributed by atoms with van der Waals surface area (Å²) in [7, 11) is 0. The van der Waals surface area contributed by atoms with E-state index in [1.165, 1.54) is 5.56 Å². The van der Waals surface area contributed by atoms with Gasteiger partial charge in [0.1, 0.15) is 11.6 Å². The Labute approximate surface area is 192 Å². The molecule has 0 atom stereocenters. The Kier molecular flexibility index (Phi) is 7.67. The van der Waals surface area contributed by atoms with Crippen molar-refractivity contribution >= 4 is 29.4 Å². The number of likely N-dealkylation sites (tertiary alicyclic amines) is 1. The van der Waals surface area contributed by atoms with E-state index in [9.17, 15) is 0 Å². The molecule has 0 amide bonds. The van der Waals surface area contributed by atoms with Crippen LogP contribution in [0, 0.1) is 0 Å². The van der Waals surface area contributed by atoms with Gasteiger partial charge in [0, 0.05) is 29.8 Å². The number of thioether (sulfide) groups is 1. The summed E-state index contributed by atoms with van der Waals surface area (Å²) in [6, 6.07) is 11.8. The number of piperidine rings is 1. The van der Waals surface area contributed by atoms with E-state index in [0.717, 1.165) is 66.5 Å². The van der Waals surface area contributed by atoms with Crippen LogP contribution in [0.2, 0.25) is 5.02 Å². The third kappa shape index (κ3) is 5.91. The van der Waals surface area contributed by atoms with Gasteiger partial charge in [-0.15, -0.1) is 16.8 Å². The van der Waals surface area contributed by atoms with Gasteiger partial charge in [0.2, 0.25) is 0 Å². The smallest absolute Gasteiger partial charge is 0.191 e. The first-order valence-electron chi connectivity index (χ1n) is 10.6. The van der Waals surface area contributed by atoms with Crippen LogP contribution in [0.4, 0.5) is 0 Å². The Bertz CT molecular complexity index is 1010. The molecule has 162 valence electrons. The summed E-state index contributed by atoms with van der Waals surface area (Å²) < 4.78 is 7.57. The molecule has 0 radical (unpaired) electrons. The zero-order valence-electron chi connectivity index (χ0n) is 17.5. The number of aromatic nitrogens is 3. The third-order valence-corrected chi connectivity index (χ3v) is 6.73. The van der Waals surface area contributed by atoms with Crippen LogP contribution in [-0.2, 0) is 12.3 Å². The maximum atomic E-state index is 6.11. The SMILES string of the molecule is C=CCn1c(SCc2cccc(Cl)c2)nnc1C1CCN(C/C=C/c2ccco2)CC1. The van der Waals surface area contributed by atoms with Gasteiger partial charge in [-0.25, -0.2) is 0 Å². The minimum Gasteiger partial charge on any atom is -0.465 e. The predicted octanol–water partition coefficient (Wildman–Crippen LogP) is 5.90. The van der Waals surface area contributed by atoms with Gasteiger partial charge in [-0.2, -0.15) is 0 Å². The molecular weight excluding hydrogens is 428 g/mol. The highest BCUT2D eigenvalue weighted by molar-refractivity contribution is 7.98. The van der Waals surface area contributed by atoms with Gasteiger partial charge in [-0.05, 0) is 61.8 Å². The normalized spacial score (nSPS) is 15.6. The summed E-state index contributed by atoms with van der Waals surface area (Å²) >= 11 is 7.81. The van der Waals surface area contributed by atoms with E-state index in [0.29, 0.717) is 5.92 Å². The van der Waals surface area contributed by atoms with Crippen molar-refractivity contribution in [3.05, 3.63) is 83.6 Å². The van der Waals surface area contributed by atoms with E-state index in [4.69, 9.17) is 16.0 Å². The van der Waals surface area contributed by atoms with Gasteiger partial charge in [-0.3, -0.25) is 4.90 Å². The molecule has 3 aromatic rings. The highest BCUT2D eigenvalue weighted by atomic mass is 35.5. The maximum Gasteiger partial charge on any atom is 0.191 e. The summed E-state index contributed by atoms with van der Waals surface area (Å²) in [6.07, 6.45) is 10.0. The topological polar surface area (TPSA) is 47.1 Å². The predicted molar refractivity (Wildman–Crippen MR) is 127 cm³/mol. The van der Waals surface area contributed by atoms with E-state index in [2.05, 4.69) is 38.4 Å². The molecule has 1 aromatic carbocycles. The minimum atomic E-state index is 0.429. The molecule has 0 bridgehead atoms. The molecule has 7 heteroatoms. The average Bonchev–Trinajstić information content (AvgIpc) is 3.44. The average molecular weight is 455 g/mol. The van der Waals surface area contributed by atoms with E-state index < -0.39 is 0 Å². The fourth-order valence-electron chi connectivity index (χ4n) is 3.86. The fraction of sp³-hybridized carbons (Fsp3) is 0.333. The Morgan fingerprint density at radius 3 is 2.77 bits per heavy atom.